The van der Waals surface area contributed by atoms with Gasteiger partial charge in [0.25, 0.3) is 0 Å². The maximum Gasteiger partial charge on any atom is 0.415 e. The van der Waals surface area contributed by atoms with Crippen molar-refractivity contribution in [3.63, 3.8) is 0 Å². The Morgan fingerprint density at radius 2 is 1.57 bits per heavy atom. The van der Waals surface area contributed by atoms with E-state index in [-0.39, 0.29) is 18.6 Å². The van der Waals surface area contributed by atoms with Gasteiger partial charge in [-0.2, -0.15) is 0 Å². The molecule has 1 saturated heterocycles. The van der Waals surface area contributed by atoms with Crippen LogP contribution in [0.25, 0.3) is 0 Å². The van der Waals surface area contributed by atoms with Crippen molar-refractivity contribution < 1.29 is 24.2 Å². The molecule has 1 N–H and O–H groups in total. The van der Waals surface area contributed by atoms with Crippen LogP contribution in [0.4, 0.5) is 4.79 Å². The third-order valence-corrected chi connectivity index (χ3v) is 6.03. The molecule has 3 aromatic rings. The van der Waals surface area contributed by atoms with Crippen LogP contribution in [0.2, 0.25) is 0 Å². The second-order valence-electron chi connectivity index (χ2n) is 8.80. The lowest BCUT2D eigenvalue weighted by molar-refractivity contribution is -0.136. The highest BCUT2D eigenvalue weighted by Gasteiger charge is 2.25. The molecule has 0 bridgehead atoms. The summed E-state index contributed by atoms with van der Waals surface area (Å²) in [7, 11) is 0. The molecular weight excluding hydrogens is 444 g/mol. The number of rotatable bonds is 8. The van der Waals surface area contributed by atoms with Gasteiger partial charge in [-0.1, -0.05) is 30.3 Å². The van der Waals surface area contributed by atoms with E-state index in [4.69, 9.17) is 14.6 Å². The Morgan fingerprint density at radius 3 is 2.23 bits per heavy atom. The third kappa shape index (κ3) is 7.30. The number of ether oxygens (including phenoxy) is 2. The molecule has 1 aliphatic heterocycles. The summed E-state index contributed by atoms with van der Waals surface area (Å²) in [4.78, 5) is 29.6. The fraction of sp³-hybridized carbons (Fsp3) is 0.321. The quantitative estimate of drug-likeness (QED) is 0.502. The summed E-state index contributed by atoms with van der Waals surface area (Å²) in [6.07, 6.45) is 2.80. The molecule has 0 aliphatic carbocycles. The summed E-state index contributed by atoms with van der Waals surface area (Å²) in [6, 6.07) is 20.8. The van der Waals surface area contributed by atoms with Gasteiger partial charge < -0.3 is 19.5 Å². The number of carboxylic acids is 1. The zero-order valence-corrected chi connectivity index (χ0v) is 19.9. The second-order valence-corrected chi connectivity index (χ2v) is 8.80. The molecule has 4 rings (SSSR count). The average molecular weight is 475 g/mol. The standard InChI is InChI=1S/C28H30N2O5/c1-20-3-2-4-23(29-20)10-5-21-6-11-25(12-7-21)35-28(33)30-17-15-26(16-18-30)34-24-13-8-22(9-14-24)19-27(31)32/h2-4,6-9,11-14,26H,5,10,15-19H2,1H3,(H,31,32). The van der Waals surface area contributed by atoms with E-state index in [1.165, 1.54) is 5.56 Å². The van der Waals surface area contributed by atoms with Crippen LogP contribution < -0.4 is 9.47 Å². The number of hydrogen-bond acceptors (Lipinski definition) is 5. The highest BCUT2D eigenvalue weighted by Crippen LogP contribution is 2.21. The summed E-state index contributed by atoms with van der Waals surface area (Å²) >= 11 is 0. The molecule has 1 aliphatic rings. The molecule has 1 aromatic heterocycles. The Kier molecular flexibility index (Phi) is 7.98. The van der Waals surface area contributed by atoms with E-state index in [1.807, 2.05) is 49.4 Å². The topological polar surface area (TPSA) is 89.0 Å². The number of aliphatic carboxylic acids is 1. The largest absolute Gasteiger partial charge is 0.490 e. The van der Waals surface area contributed by atoms with E-state index >= 15 is 0 Å². The number of carbonyl (C=O) groups excluding carboxylic acids is 1. The van der Waals surface area contributed by atoms with Crippen molar-refractivity contribution in [3.05, 3.63) is 89.2 Å². The molecule has 0 radical (unpaired) electrons. The molecule has 0 atom stereocenters. The monoisotopic (exact) mass is 474 g/mol. The smallest absolute Gasteiger partial charge is 0.415 e. The molecule has 7 heteroatoms. The molecule has 2 aromatic carbocycles. The van der Waals surface area contributed by atoms with Gasteiger partial charge in [0.2, 0.25) is 0 Å². The van der Waals surface area contributed by atoms with Gasteiger partial charge in [0.05, 0.1) is 6.42 Å². The molecule has 35 heavy (non-hydrogen) atoms. The average Bonchev–Trinajstić information content (AvgIpc) is 2.85. The van der Waals surface area contributed by atoms with E-state index < -0.39 is 5.97 Å². The molecule has 7 nitrogen and oxygen atoms in total. The number of carboxylic acid groups (broad SMARTS) is 1. The molecule has 2 heterocycles. The Bertz CT molecular complexity index is 1140. The minimum absolute atomic E-state index is 0.00556. The van der Waals surface area contributed by atoms with Gasteiger partial charge in [0.15, 0.2) is 0 Å². The van der Waals surface area contributed by atoms with Gasteiger partial charge in [0.1, 0.15) is 17.6 Å². The van der Waals surface area contributed by atoms with E-state index in [9.17, 15) is 9.59 Å². The first-order valence-corrected chi connectivity index (χ1v) is 11.9. The van der Waals surface area contributed by atoms with Crippen molar-refractivity contribution in [3.8, 4) is 11.5 Å². The number of carbonyl (C=O) groups is 2. The normalized spacial score (nSPS) is 13.9. The van der Waals surface area contributed by atoms with Crippen molar-refractivity contribution in [1.82, 2.24) is 9.88 Å². The predicted octanol–water partition coefficient (Wildman–Crippen LogP) is 4.84. The Morgan fingerprint density at radius 1 is 0.914 bits per heavy atom. The van der Waals surface area contributed by atoms with Crippen LogP contribution in [-0.4, -0.2) is 46.2 Å². The highest BCUT2D eigenvalue weighted by molar-refractivity contribution is 5.71. The molecule has 0 unspecified atom stereocenters. The lowest BCUT2D eigenvalue weighted by atomic mass is 10.1. The summed E-state index contributed by atoms with van der Waals surface area (Å²) in [5, 5.41) is 8.87. The van der Waals surface area contributed by atoms with Crippen molar-refractivity contribution in [2.45, 2.75) is 45.1 Å². The zero-order valence-electron chi connectivity index (χ0n) is 19.9. The van der Waals surface area contributed by atoms with Gasteiger partial charge in [-0.3, -0.25) is 9.78 Å². The van der Waals surface area contributed by atoms with Crippen LogP contribution in [-0.2, 0) is 24.1 Å². The molecular formula is C28H30N2O5. The zero-order chi connectivity index (χ0) is 24.6. The maximum absolute atomic E-state index is 12.6. The minimum atomic E-state index is -0.857. The summed E-state index contributed by atoms with van der Waals surface area (Å²) in [5.74, 6) is 0.384. The van der Waals surface area contributed by atoms with Gasteiger partial charge >= 0.3 is 12.1 Å². The van der Waals surface area contributed by atoms with Crippen LogP contribution in [0.5, 0.6) is 11.5 Å². The number of aryl methyl sites for hydroxylation is 3. The SMILES string of the molecule is Cc1cccc(CCc2ccc(OC(=O)N3CCC(Oc4ccc(CC(=O)O)cc4)CC3)cc2)n1. The van der Waals surface area contributed by atoms with Crippen molar-refractivity contribution in [1.29, 1.82) is 0 Å². The van der Waals surface area contributed by atoms with Gasteiger partial charge in [-0.15, -0.1) is 0 Å². The Labute approximate surface area is 205 Å². The number of likely N-dealkylation sites (tertiary alicyclic amines) is 1. The van der Waals surface area contributed by atoms with Crippen LogP contribution >= 0.6 is 0 Å². The number of amides is 1. The Balaban J connectivity index is 1.20. The number of pyridine rings is 1. The second kappa shape index (κ2) is 11.5. The van der Waals surface area contributed by atoms with E-state index in [0.717, 1.165) is 29.8 Å². The number of piperidine rings is 1. The molecule has 1 fully saturated rings. The molecule has 0 spiro atoms. The predicted molar refractivity (Wildman–Crippen MR) is 132 cm³/mol. The van der Waals surface area contributed by atoms with Crippen molar-refractivity contribution in [2.24, 2.45) is 0 Å². The van der Waals surface area contributed by atoms with Crippen LogP contribution in [0, 0.1) is 6.92 Å². The van der Waals surface area contributed by atoms with Gasteiger partial charge in [-0.05, 0) is 67.3 Å². The first-order chi connectivity index (χ1) is 16.9. The first-order valence-electron chi connectivity index (χ1n) is 11.9. The van der Waals surface area contributed by atoms with Gasteiger partial charge in [0, 0.05) is 37.3 Å². The summed E-state index contributed by atoms with van der Waals surface area (Å²) in [5.41, 5.74) is 4.00. The van der Waals surface area contributed by atoms with Crippen LogP contribution in [0.1, 0.15) is 35.4 Å². The summed E-state index contributed by atoms with van der Waals surface area (Å²) in [6.45, 7) is 3.11. The van der Waals surface area contributed by atoms with Crippen molar-refractivity contribution >= 4 is 12.1 Å². The first kappa shape index (κ1) is 24.3. The van der Waals surface area contributed by atoms with E-state index in [1.54, 1.807) is 29.2 Å². The highest BCUT2D eigenvalue weighted by atomic mass is 16.6. The third-order valence-electron chi connectivity index (χ3n) is 6.03. The van der Waals surface area contributed by atoms with Crippen LogP contribution in [0.15, 0.2) is 66.7 Å². The summed E-state index contributed by atoms with van der Waals surface area (Å²) < 4.78 is 11.6. The van der Waals surface area contributed by atoms with Crippen LogP contribution in [0.3, 0.4) is 0 Å². The van der Waals surface area contributed by atoms with E-state index in [2.05, 4.69) is 4.98 Å². The molecule has 182 valence electrons. The fourth-order valence-corrected chi connectivity index (χ4v) is 4.11. The van der Waals surface area contributed by atoms with E-state index in [0.29, 0.717) is 37.4 Å². The number of benzene rings is 2. The van der Waals surface area contributed by atoms with Crippen molar-refractivity contribution in [2.75, 3.05) is 13.1 Å². The lowest BCUT2D eigenvalue weighted by Crippen LogP contribution is -2.43. The maximum atomic E-state index is 12.6. The number of nitrogens with zero attached hydrogens (tertiary/aromatic N) is 2. The Hall–Kier alpha value is -3.87. The molecule has 1 amide bonds. The van der Waals surface area contributed by atoms with Gasteiger partial charge in [-0.25, -0.2) is 4.79 Å². The molecule has 0 saturated carbocycles. The fourth-order valence-electron chi connectivity index (χ4n) is 4.11. The lowest BCUT2D eigenvalue weighted by Gasteiger charge is -2.31. The minimum Gasteiger partial charge on any atom is -0.490 e. The number of aromatic nitrogens is 1. The number of hydrogen-bond donors (Lipinski definition) is 1.